The van der Waals surface area contributed by atoms with Gasteiger partial charge in [0.25, 0.3) is 0 Å². The minimum atomic E-state index is -0.543. The van der Waals surface area contributed by atoms with Gasteiger partial charge < -0.3 is 10.0 Å². The molecule has 1 aliphatic carbocycles. The van der Waals surface area contributed by atoms with Crippen molar-refractivity contribution in [2.24, 2.45) is 0 Å². The van der Waals surface area contributed by atoms with E-state index >= 15 is 0 Å². The monoisotopic (exact) mass is 361 g/mol. The molecule has 1 atom stereocenters. The molecule has 1 saturated carbocycles. The molecule has 3 nitrogen and oxygen atoms in total. The SMILES string of the molecule is O=C1CSC(CCCc2ccccc2)N1CCC1(O)CCCCCC1. The van der Waals surface area contributed by atoms with E-state index in [9.17, 15) is 9.90 Å². The van der Waals surface area contributed by atoms with E-state index in [0.717, 1.165) is 57.9 Å². The summed E-state index contributed by atoms with van der Waals surface area (Å²) in [6.07, 6.45) is 10.5. The zero-order valence-corrected chi connectivity index (χ0v) is 16.0. The number of nitrogens with zero attached hydrogens (tertiary/aromatic N) is 1. The Morgan fingerprint density at radius 3 is 2.56 bits per heavy atom. The second-order valence-corrected chi connectivity index (χ2v) is 8.79. The van der Waals surface area contributed by atoms with Crippen LogP contribution in [0, 0.1) is 0 Å². The number of carbonyl (C=O) groups is 1. The van der Waals surface area contributed by atoms with E-state index in [2.05, 4.69) is 30.3 Å². The Hall–Kier alpha value is -1.00. The van der Waals surface area contributed by atoms with Gasteiger partial charge in [-0.05, 0) is 44.1 Å². The number of thioether (sulfide) groups is 1. The number of amides is 1. The quantitative estimate of drug-likeness (QED) is 0.733. The number of aliphatic hydroxyl groups is 1. The molecule has 1 aromatic rings. The lowest BCUT2D eigenvalue weighted by Crippen LogP contribution is -2.39. The minimum absolute atomic E-state index is 0.256. The van der Waals surface area contributed by atoms with Crippen molar-refractivity contribution in [3.8, 4) is 0 Å². The van der Waals surface area contributed by atoms with E-state index in [1.54, 1.807) is 11.8 Å². The number of hydrogen-bond acceptors (Lipinski definition) is 3. The average molecular weight is 362 g/mol. The molecule has 0 aromatic heterocycles. The lowest BCUT2D eigenvalue weighted by Gasteiger charge is -2.31. The predicted octanol–water partition coefficient (Wildman–Crippen LogP) is 4.39. The number of hydrogen-bond donors (Lipinski definition) is 1. The summed E-state index contributed by atoms with van der Waals surface area (Å²) in [7, 11) is 0. The van der Waals surface area contributed by atoms with E-state index in [1.807, 2.05) is 4.90 Å². The van der Waals surface area contributed by atoms with Crippen molar-refractivity contribution in [1.82, 2.24) is 4.90 Å². The fourth-order valence-corrected chi connectivity index (χ4v) is 5.34. The molecule has 25 heavy (non-hydrogen) atoms. The highest BCUT2D eigenvalue weighted by Crippen LogP contribution is 2.33. The summed E-state index contributed by atoms with van der Waals surface area (Å²) in [6.45, 7) is 0.721. The second kappa shape index (κ2) is 9.09. The fraction of sp³-hybridized carbons (Fsp3) is 0.667. The average Bonchev–Trinajstić information content (AvgIpc) is 2.82. The molecule has 138 valence electrons. The molecule has 0 bridgehead atoms. The molecule has 2 aliphatic rings. The van der Waals surface area contributed by atoms with Gasteiger partial charge in [0, 0.05) is 6.54 Å². The third-order valence-electron chi connectivity index (χ3n) is 5.68. The molecule has 1 aromatic carbocycles. The Bertz CT molecular complexity index is 540. The molecular weight excluding hydrogens is 330 g/mol. The zero-order chi connectivity index (χ0) is 17.5. The molecule has 1 heterocycles. The Balaban J connectivity index is 1.47. The van der Waals surface area contributed by atoms with E-state index in [0.29, 0.717) is 11.1 Å². The lowest BCUT2D eigenvalue weighted by molar-refractivity contribution is -0.128. The van der Waals surface area contributed by atoms with Gasteiger partial charge in [-0.3, -0.25) is 4.79 Å². The van der Waals surface area contributed by atoms with Gasteiger partial charge in [0.05, 0.1) is 16.7 Å². The third-order valence-corrected chi connectivity index (χ3v) is 6.97. The van der Waals surface area contributed by atoms with Crippen molar-refractivity contribution in [3.05, 3.63) is 35.9 Å². The molecule has 4 heteroatoms. The normalized spacial score (nSPS) is 23.6. The van der Waals surface area contributed by atoms with Gasteiger partial charge in [-0.2, -0.15) is 0 Å². The van der Waals surface area contributed by atoms with Crippen LogP contribution in [0.5, 0.6) is 0 Å². The van der Waals surface area contributed by atoms with E-state index in [1.165, 1.54) is 18.4 Å². The summed E-state index contributed by atoms with van der Waals surface area (Å²) in [4.78, 5) is 14.3. The molecule has 1 unspecified atom stereocenters. The molecular formula is C21H31NO2S. The smallest absolute Gasteiger partial charge is 0.233 e. The van der Waals surface area contributed by atoms with Crippen molar-refractivity contribution in [3.63, 3.8) is 0 Å². The first kappa shape index (κ1) is 18.8. The van der Waals surface area contributed by atoms with Gasteiger partial charge >= 0.3 is 0 Å². The van der Waals surface area contributed by atoms with Crippen LogP contribution < -0.4 is 0 Å². The highest BCUT2D eigenvalue weighted by Gasteiger charge is 2.34. The molecule has 3 rings (SSSR count). The summed E-state index contributed by atoms with van der Waals surface area (Å²) >= 11 is 1.78. The van der Waals surface area contributed by atoms with Gasteiger partial charge in [0.2, 0.25) is 5.91 Å². The molecule has 1 aliphatic heterocycles. The predicted molar refractivity (Wildman–Crippen MR) is 105 cm³/mol. The Morgan fingerprint density at radius 1 is 1.12 bits per heavy atom. The number of carbonyl (C=O) groups excluding carboxylic acids is 1. The molecule has 0 radical (unpaired) electrons. The van der Waals surface area contributed by atoms with Crippen LogP contribution in [0.15, 0.2) is 30.3 Å². The van der Waals surface area contributed by atoms with Crippen LogP contribution in [0.3, 0.4) is 0 Å². The van der Waals surface area contributed by atoms with Crippen molar-refractivity contribution >= 4 is 17.7 Å². The molecule has 2 fully saturated rings. The minimum Gasteiger partial charge on any atom is -0.390 e. The first-order valence-corrected chi connectivity index (χ1v) is 10.9. The van der Waals surface area contributed by atoms with Crippen LogP contribution in [0.25, 0.3) is 0 Å². The molecule has 1 amide bonds. The Kier molecular flexibility index (Phi) is 6.83. The number of benzene rings is 1. The van der Waals surface area contributed by atoms with E-state index in [4.69, 9.17) is 0 Å². The summed E-state index contributed by atoms with van der Waals surface area (Å²) < 4.78 is 0. The second-order valence-electron chi connectivity index (χ2n) is 7.62. The summed E-state index contributed by atoms with van der Waals surface area (Å²) in [5.41, 5.74) is 0.828. The lowest BCUT2D eigenvalue weighted by atomic mass is 9.90. The van der Waals surface area contributed by atoms with Crippen molar-refractivity contribution in [2.45, 2.75) is 75.2 Å². The van der Waals surface area contributed by atoms with E-state index < -0.39 is 5.60 Å². The Morgan fingerprint density at radius 2 is 1.84 bits per heavy atom. The first-order chi connectivity index (χ1) is 12.2. The molecule has 1 saturated heterocycles. The van der Waals surface area contributed by atoms with Gasteiger partial charge in [0.15, 0.2) is 0 Å². The summed E-state index contributed by atoms with van der Waals surface area (Å²) in [5.74, 6) is 0.862. The Labute approximate surface area is 156 Å². The first-order valence-electron chi connectivity index (χ1n) is 9.84. The molecule has 1 N–H and O–H groups in total. The van der Waals surface area contributed by atoms with Crippen LogP contribution in [-0.2, 0) is 11.2 Å². The van der Waals surface area contributed by atoms with Crippen LogP contribution in [0.2, 0.25) is 0 Å². The van der Waals surface area contributed by atoms with Gasteiger partial charge in [-0.25, -0.2) is 0 Å². The molecule has 0 spiro atoms. The highest BCUT2D eigenvalue weighted by molar-refractivity contribution is 8.00. The van der Waals surface area contributed by atoms with E-state index in [-0.39, 0.29) is 5.91 Å². The van der Waals surface area contributed by atoms with Crippen LogP contribution in [0.4, 0.5) is 0 Å². The van der Waals surface area contributed by atoms with Gasteiger partial charge in [-0.15, -0.1) is 11.8 Å². The standard InChI is InChI=1S/C21H31NO2S/c23-19-17-25-20(12-8-11-18-9-4-3-5-10-18)22(19)16-15-21(24)13-6-1-2-7-14-21/h3-5,9-10,20,24H,1-2,6-8,11-17H2. The van der Waals surface area contributed by atoms with Gasteiger partial charge in [0.1, 0.15) is 0 Å². The number of aryl methyl sites for hydroxylation is 1. The maximum atomic E-state index is 12.3. The maximum absolute atomic E-state index is 12.3. The summed E-state index contributed by atoms with van der Waals surface area (Å²) in [6, 6.07) is 10.6. The largest absolute Gasteiger partial charge is 0.390 e. The van der Waals surface area contributed by atoms with Crippen molar-refractivity contribution < 1.29 is 9.90 Å². The topological polar surface area (TPSA) is 40.5 Å². The van der Waals surface area contributed by atoms with Crippen molar-refractivity contribution in [1.29, 1.82) is 0 Å². The number of rotatable bonds is 7. The van der Waals surface area contributed by atoms with Crippen molar-refractivity contribution in [2.75, 3.05) is 12.3 Å². The van der Waals surface area contributed by atoms with Crippen LogP contribution in [0.1, 0.15) is 63.4 Å². The van der Waals surface area contributed by atoms with Crippen LogP contribution in [-0.4, -0.2) is 39.2 Å². The summed E-state index contributed by atoms with van der Waals surface area (Å²) in [5, 5.41) is 11.2. The third kappa shape index (κ3) is 5.49. The zero-order valence-electron chi connectivity index (χ0n) is 15.2. The fourth-order valence-electron chi connectivity index (χ4n) is 4.10. The van der Waals surface area contributed by atoms with Gasteiger partial charge in [-0.1, -0.05) is 56.0 Å². The highest BCUT2D eigenvalue weighted by atomic mass is 32.2. The van der Waals surface area contributed by atoms with Crippen LogP contribution >= 0.6 is 11.8 Å². The maximum Gasteiger partial charge on any atom is 0.233 e.